The summed E-state index contributed by atoms with van der Waals surface area (Å²) in [4.78, 5) is 14.3. The lowest BCUT2D eigenvalue weighted by Gasteiger charge is -2.37. The summed E-state index contributed by atoms with van der Waals surface area (Å²) in [6.45, 7) is 2.38. The summed E-state index contributed by atoms with van der Waals surface area (Å²) in [7, 11) is 1.41. The van der Waals surface area contributed by atoms with Gasteiger partial charge in [0.1, 0.15) is 6.17 Å². The molecule has 120 valence electrons. The van der Waals surface area contributed by atoms with Crippen LogP contribution in [-0.2, 0) is 0 Å². The minimum atomic E-state index is -0.456. The molecule has 0 fully saturated rings. The maximum atomic E-state index is 12.7. The van der Waals surface area contributed by atoms with Crippen LogP contribution in [0.25, 0.3) is 0 Å². The average Bonchev–Trinajstić information content (AvgIpc) is 2.57. The van der Waals surface area contributed by atoms with Crippen molar-refractivity contribution in [2.75, 3.05) is 19.0 Å². The highest BCUT2D eigenvalue weighted by molar-refractivity contribution is 6.01. The zero-order valence-electron chi connectivity index (χ0n) is 12.9. The molecule has 6 heteroatoms. The Bertz CT molecular complexity index is 760. The molecule has 1 amide bonds. The normalized spacial score (nSPS) is 16.7. The highest BCUT2D eigenvalue weighted by atomic mass is 16.5. The van der Waals surface area contributed by atoms with Crippen LogP contribution in [0.4, 0.5) is 5.69 Å². The van der Waals surface area contributed by atoms with E-state index in [1.165, 1.54) is 13.2 Å². The van der Waals surface area contributed by atoms with Crippen molar-refractivity contribution in [3.63, 3.8) is 0 Å². The monoisotopic (exact) mass is 314 g/mol. The molecule has 1 aliphatic heterocycles. The molecule has 1 heterocycles. The largest absolute Gasteiger partial charge is 0.504 e. The predicted octanol–water partition coefficient (Wildman–Crippen LogP) is 2.69. The van der Waals surface area contributed by atoms with Gasteiger partial charge in [-0.1, -0.05) is 12.1 Å². The Morgan fingerprint density at radius 2 is 2.00 bits per heavy atom. The quantitative estimate of drug-likeness (QED) is 0.759. The summed E-state index contributed by atoms with van der Waals surface area (Å²) >= 11 is 0. The SMILES string of the molecule is CCN1C(=O)c2ccccc2NC1c1cc(O)c(O)c(OC)c1. The highest BCUT2D eigenvalue weighted by Gasteiger charge is 2.32. The van der Waals surface area contributed by atoms with E-state index in [1.807, 2.05) is 25.1 Å². The molecule has 3 rings (SSSR count). The number of nitrogens with zero attached hydrogens (tertiary/aromatic N) is 1. The number of amides is 1. The van der Waals surface area contributed by atoms with Crippen molar-refractivity contribution in [1.29, 1.82) is 0 Å². The van der Waals surface area contributed by atoms with Gasteiger partial charge >= 0.3 is 0 Å². The molecule has 0 radical (unpaired) electrons. The number of hydrogen-bond acceptors (Lipinski definition) is 5. The molecule has 1 atom stereocenters. The molecule has 0 spiro atoms. The summed E-state index contributed by atoms with van der Waals surface area (Å²) in [6.07, 6.45) is -0.456. The van der Waals surface area contributed by atoms with Crippen molar-refractivity contribution in [2.45, 2.75) is 13.1 Å². The van der Waals surface area contributed by atoms with E-state index >= 15 is 0 Å². The van der Waals surface area contributed by atoms with Crippen LogP contribution in [-0.4, -0.2) is 34.7 Å². The number of fused-ring (bicyclic) bond motifs is 1. The van der Waals surface area contributed by atoms with Crippen molar-refractivity contribution in [3.8, 4) is 17.2 Å². The fraction of sp³-hybridized carbons (Fsp3) is 0.235. The van der Waals surface area contributed by atoms with E-state index in [-0.39, 0.29) is 23.2 Å². The van der Waals surface area contributed by atoms with Crippen LogP contribution in [0.15, 0.2) is 36.4 Å². The van der Waals surface area contributed by atoms with Gasteiger partial charge in [0.15, 0.2) is 11.5 Å². The average molecular weight is 314 g/mol. The van der Waals surface area contributed by atoms with E-state index in [1.54, 1.807) is 17.0 Å². The third-order valence-electron chi connectivity index (χ3n) is 3.98. The van der Waals surface area contributed by atoms with Crippen molar-refractivity contribution in [3.05, 3.63) is 47.5 Å². The molecule has 1 aliphatic rings. The minimum absolute atomic E-state index is 0.0848. The van der Waals surface area contributed by atoms with Gasteiger partial charge in [-0.05, 0) is 31.2 Å². The zero-order chi connectivity index (χ0) is 16.6. The molecule has 0 bridgehead atoms. The molecular formula is C17H18N2O4. The summed E-state index contributed by atoms with van der Waals surface area (Å²) < 4.78 is 5.08. The number of hydrogen-bond donors (Lipinski definition) is 3. The summed E-state index contributed by atoms with van der Waals surface area (Å²) in [5.74, 6) is -0.534. The highest BCUT2D eigenvalue weighted by Crippen LogP contribution is 2.41. The Hall–Kier alpha value is -2.89. The topological polar surface area (TPSA) is 82.0 Å². The lowest BCUT2D eigenvalue weighted by molar-refractivity contribution is 0.0694. The van der Waals surface area contributed by atoms with Crippen molar-refractivity contribution in [1.82, 2.24) is 4.90 Å². The molecule has 1 unspecified atom stereocenters. The van der Waals surface area contributed by atoms with E-state index in [9.17, 15) is 15.0 Å². The van der Waals surface area contributed by atoms with E-state index in [0.29, 0.717) is 17.7 Å². The number of methoxy groups -OCH3 is 1. The van der Waals surface area contributed by atoms with Gasteiger partial charge in [0.25, 0.3) is 5.91 Å². The Kier molecular flexibility index (Phi) is 3.73. The first-order chi connectivity index (χ1) is 11.1. The Labute approximate surface area is 133 Å². The standard InChI is InChI=1S/C17H18N2O4/c1-3-19-16(10-8-13(20)15(21)14(9-10)23-2)18-12-7-5-4-6-11(12)17(19)22/h4-9,16,18,20-21H,3H2,1-2H3. The number of aromatic hydroxyl groups is 2. The maximum Gasteiger partial charge on any atom is 0.257 e. The molecule has 0 aromatic heterocycles. The van der Waals surface area contributed by atoms with Gasteiger partial charge in [0, 0.05) is 17.8 Å². The second-order valence-corrected chi connectivity index (χ2v) is 5.27. The van der Waals surface area contributed by atoms with Gasteiger partial charge in [0.2, 0.25) is 5.75 Å². The number of benzene rings is 2. The first-order valence-corrected chi connectivity index (χ1v) is 7.33. The third-order valence-corrected chi connectivity index (χ3v) is 3.98. The van der Waals surface area contributed by atoms with Gasteiger partial charge in [-0.3, -0.25) is 4.79 Å². The number of carbonyl (C=O) groups is 1. The minimum Gasteiger partial charge on any atom is -0.504 e. The molecule has 2 aromatic carbocycles. The molecule has 23 heavy (non-hydrogen) atoms. The van der Waals surface area contributed by atoms with Crippen LogP contribution in [0.1, 0.15) is 29.0 Å². The number of para-hydroxylation sites is 1. The fourth-order valence-corrected chi connectivity index (χ4v) is 2.81. The lowest BCUT2D eigenvalue weighted by atomic mass is 10.0. The van der Waals surface area contributed by atoms with Crippen LogP contribution >= 0.6 is 0 Å². The van der Waals surface area contributed by atoms with Crippen molar-refractivity contribution >= 4 is 11.6 Å². The van der Waals surface area contributed by atoms with E-state index < -0.39 is 6.17 Å². The number of ether oxygens (including phenoxy) is 1. The van der Waals surface area contributed by atoms with Crippen LogP contribution in [0.2, 0.25) is 0 Å². The van der Waals surface area contributed by atoms with E-state index in [2.05, 4.69) is 5.32 Å². The molecule has 3 N–H and O–H groups in total. The van der Waals surface area contributed by atoms with E-state index in [4.69, 9.17) is 4.74 Å². The fourth-order valence-electron chi connectivity index (χ4n) is 2.81. The number of anilines is 1. The Balaban J connectivity index is 2.09. The Morgan fingerprint density at radius 3 is 2.70 bits per heavy atom. The number of carbonyl (C=O) groups excluding carboxylic acids is 1. The van der Waals surface area contributed by atoms with Crippen molar-refractivity contribution in [2.24, 2.45) is 0 Å². The molecule has 0 saturated carbocycles. The summed E-state index contributed by atoms with van der Waals surface area (Å²) in [5.41, 5.74) is 1.97. The first-order valence-electron chi connectivity index (χ1n) is 7.33. The number of phenols is 2. The molecular weight excluding hydrogens is 296 g/mol. The van der Waals surface area contributed by atoms with Gasteiger partial charge in [-0.2, -0.15) is 0 Å². The number of nitrogens with one attached hydrogen (secondary N) is 1. The van der Waals surface area contributed by atoms with Crippen LogP contribution in [0, 0.1) is 0 Å². The molecule has 6 nitrogen and oxygen atoms in total. The van der Waals surface area contributed by atoms with Crippen molar-refractivity contribution < 1.29 is 19.7 Å². The summed E-state index contributed by atoms with van der Waals surface area (Å²) in [6, 6.07) is 10.3. The second-order valence-electron chi connectivity index (χ2n) is 5.27. The van der Waals surface area contributed by atoms with Gasteiger partial charge in [-0.15, -0.1) is 0 Å². The molecule has 0 saturated heterocycles. The number of rotatable bonds is 3. The second kappa shape index (κ2) is 5.72. The van der Waals surface area contributed by atoms with Crippen LogP contribution < -0.4 is 10.1 Å². The van der Waals surface area contributed by atoms with Crippen LogP contribution in [0.3, 0.4) is 0 Å². The number of phenolic OH excluding ortho intramolecular Hbond substituents is 2. The maximum absolute atomic E-state index is 12.7. The van der Waals surface area contributed by atoms with Gasteiger partial charge in [-0.25, -0.2) is 0 Å². The van der Waals surface area contributed by atoms with E-state index in [0.717, 1.165) is 5.69 Å². The van der Waals surface area contributed by atoms with Gasteiger partial charge < -0.3 is 25.2 Å². The van der Waals surface area contributed by atoms with Gasteiger partial charge in [0.05, 0.1) is 12.7 Å². The zero-order valence-corrected chi connectivity index (χ0v) is 12.9. The Morgan fingerprint density at radius 1 is 1.26 bits per heavy atom. The molecule has 0 aliphatic carbocycles. The lowest BCUT2D eigenvalue weighted by Crippen LogP contribution is -2.42. The smallest absolute Gasteiger partial charge is 0.257 e. The summed E-state index contributed by atoms with van der Waals surface area (Å²) in [5, 5.41) is 23.0. The predicted molar refractivity (Wildman–Crippen MR) is 85.8 cm³/mol. The van der Waals surface area contributed by atoms with Crippen LogP contribution in [0.5, 0.6) is 17.2 Å². The third kappa shape index (κ3) is 2.42. The molecule has 2 aromatic rings. The first kappa shape index (κ1) is 15.0.